The minimum absolute atomic E-state index is 0.00569. The molecule has 1 atom stereocenters. The first kappa shape index (κ1) is 26.9. The molecule has 2 rings (SSSR count). The number of amides is 2. The van der Waals surface area contributed by atoms with Crippen LogP contribution in [0.5, 0.6) is 5.75 Å². The van der Waals surface area contributed by atoms with Crippen LogP contribution >= 0.6 is 11.6 Å². The minimum Gasteiger partial charge on any atom is -0.495 e. The van der Waals surface area contributed by atoms with Crippen molar-refractivity contribution in [3.63, 3.8) is 0 Å². The van der Waals surface area contributed by atoms with Gasteiger partial charge in [-0.05, 0) is 30.7 Å². The van der Waals surface area contributed by atoms with Crippen molar-refractivity contribution < 1.29 is 27.7 Å². The Hall–Kier alpha value is -3.38. The largest absolute Gasteiger partial charge is 0.495 e. The molecule has 2 aromatic rings. The van der Waals surface area contributed by atoms with Crippen molar-refractivity contribution in [1.82, 2.24) is 10.2 Å². The van der Waals surface area contributed by atoms with Crippen molar-refractivity contribution in [1.29, 1.82) is 0 Å². The van der Waals surface area contributed by atoms with E-state index in [9.17, 15) is 28.1 Å². The second kappa shape index (κ2) is 11.2. The molecule has 0 saturated carbocycles. The van der Waals surface area contributed by atoms with Crippen LogP contribution in [0.25, 0.3) is 0 Å². The molecule has 1 N–H and O–H groups in total. The first-order valence-electron chi connectivity index (χ1n) is 9.94. The number of non-ortho nitro benzene ring substituents is 1. The van der Waals surface area contributed by atoms with Gasteiger partial charge in [0.15, 0.2) is 0 Å². The Morgan fingerprint density at radius 2 is 1.82 bits per heavy atom. The predicted molar refractivity (Wildman–Crippen MR) is 127 cm³/mol. The van der Waals surface area contributed by atoms with Crippen molar-refractivity contribution in [3.05, 3.63) is 63.2 Å². The maximum atomic E-state index is 13.4. The quantitative estimate of drug-likeness (QED) is 0.380. The highest BCUT2D eigenvalue weighted by atomic mass is 35.5. The number of halogens is 1. The maximum Gasteiger partial charge on any atom is 0.271 e. The fourth-order valence-electron chi connectivity index (χ4n) is 3.16. The van der Waals surface area contributed by atoms with Crippen LogP contribution in [-0.4, -0.2) is 63.1 Å². The molecule has 0 fully saturated rings. The highest BCUT2D eigenvalue weighted by Crippen LogP contribution is 2.33. The monoisotopic (exact) mass is 512 g/mol. The molecule has 0 aliphatic heterocycles. The number of nitro groups is 1. The average molecular weight is 513 g/mol. The van der Waals surface area contributed by atoms with Gasteiger partial charge < -0.3 is 15.0 Å². The van der Waals surface area contributed by atoms with Crippen LogP contribution in [0.4, 0.5) is 11.4 Å². The van der Waals surface area contributed by atoms with Crippen molar-refractivity contribution >= 4 is 44.8 Å². The molecular formula is C21H25ClN4O7S. The molecule has 2 aromatic carbocycles. The molecule has 34 heavy (non-hydrogen) atoms. The normalized spacial score (nSPS) is 11.9. The van der Waals surface area contributed by atoms with Gasteiger partial charge in [0.05, 0.1) is 18.3 Å². The van der Waals surface area contributed by atoms with Gasteiger partial charge in [0, 0.05) is 30.7 Å². The molecule has 0 aliphatic rings. The first-order valence-corrected chi connectivity index (χ1v) is 12.2. The second-order valence-electron chi connectivity index (χ2n) is 7.32. The number of benzene rings is 2. The highest BCUT2D eigenvalue weighted by Gasteiger charge is 2.31. The van der Waals surface area contributed by atoms with E-state index in [2.05, 4.69) is 5.32 Å². The summed E-state index contributed by atoms with van der Waals surface area (Å²) in [6.07, 6.45) is 0.865. The Bertz CT molecular complexity index is 1170. The van der Waals surface area contributed by atoms with Crippen LogP contribution in [0, 0.1) is 10.1 Å². The summed E-state index contributed by atoms with van der Waals surface area (Å²) in [6, 6.07) is 9.08. The van der Waals surface area contributed by atoms with Crippen LogP contribution in [-0.2, 0) is 26.2 Å². The minimum atomic E-state index is -4.09. The number of nitro benzene ring substituents is 1. The molecule has 0 aliphatic carbocycles. The summed E-state index contributed by atoms with van der Waals surface area (Å²) >= 11 is 5.92. The fraction of sp³-hybridized carbons (Fsp3) is 0.333. The molecule has 13 heteroatoms. The Balaban J connectivity index is 2.50. The van der Waals surface area contributed by atoms with E-state index in [1.165, 1.54) is 32.0 Å². The van der Waals surface area contributed by atoms with E-state index in [0.717, 1.165) is 18.4 Å². The second-order valence-corrected chi connectivity index (χ2v) is 9.66. The van der Waals surface area contributed by atoms with E-state index in [4.69, 9.17) is 16.3 Å². The van der Waals surface area contributed by atoms with Crippen LogP contribution in [0.15, 0.2) is 42.5 Å². The molecule has 0 heterocycles. The van der Waals surface area contributed by atoms with E-state index in [-0.39, 0.29) is 23.7 Å². The summed E-state index contributed by atoms with van der Waals surface area (Å²) in [5, 5.41) is 14.2. The van der Waals surface area contributed by atoms with Gasteiger partial charge in [-0.3, -0.25) is 24.0 Å². The van der Waals surface area contributed by atoms with Crippen molar-refractivity contribution in [3.8, 4) is 5.75 Å². The summed E-state index contributed by atoms with van der Waals surface area (Å²) in [6.45, 7) is 0.783. The van der Waals surface area contributed by atoms with Gasteiger partial charge in [-0.25, -0.2) is 8.42 Å². The lowest BCUT2D eigenvalue weighted by Crippen LogP contribution is -2.50. The topological polar surface area (TPSA) is 139 Å². The highest BCUT2D eigenvalue weighted by molar-refractivity contribution is 7.92. The van der Waals surface area contributed by atoms with Crippen LogP contribution in [0.3, 0.4) is 0 Å². The lowest BCUT2D eigenvalue weighted by atomic mass is 10.1. The van der Waals surface area contributed by atoms with Crippen molar-refractivity contribution in [2.45, 2.75) is 19.5 Å². The lowest BCUT2D eigenvalue weighted by Gasteiger charge is -2.31. The number of nitrogens with zero attached hydrogens (tertiary/aromatic N) is 3. The third-order valence-corrected chi connectivity index (χ3v) is 6.38. The Morgan fingerprint density at radius 3 is 2.32 bits per heavy atom. The van der Waals surface area contributed by atoms with Crippen LogP contribution in [0.2, 0.25) is 5.02 Å². The molecule has 0 unspecified atom stereocenters. The zero-order valence-corrected chi connectivity index (χ0v) is 20.6. The molecule has 0 radical (unpaired) electrons. The van der Waals surface area contributed by atoms with Gasteiger partial charge >= 0.3 is 0 Å². The first-order chi connectivity index (χ1) is 15.9. The Morgan fingerprint density at radius 1 is 1.21 bits per heavy atom. The summed E-state index contributed by atoms with van der Waals surface area (Å²) in [7, 11) is -1.40. The number of methoxy groups -OCH3 is 1. The van der Waals surface area contributed by atoms with Gasteiger partial charge in [-0.15, -0.1) is 0 Å². The molecular weight excluding hydrogens is 488 g/mol. The van der Waals surface area contributed by atoms with E-state index < -0.39 is 39.3 Å². The fourth-order valence-corrected chi connectivity index (χ4v) is 4.13. The summed E-state index contributed by atoms with van der Waals surface area (Å²) < 4.78 is 31.2. The number of nitrogens with one attached hydrogen (secondary N) is 1. The zero-order chi connectivity index (χ0) is 25.6. The molecule has 0 bridgehead atoms. The predicted octanol–water partition coefficient (Wildman–Crippen LogP) is 2.19. The van der Waals surface area contributed by atoms with Gasteiger partial charge in [-0.2, -0.15) is 0 Å². The number of sulfonamides is 1. The molecule has 0 aromatic heterocycles. The van der Waals surface area contributed by atoms with E-state index in [1.807, 2.05) is 0 Å². The standard InChI is InChI=1S/C21H25ClN4O7S/c1-14(21(28)23-2)24(12-15-5-7-16(22)8-6-15)20(27)13-25(34(4,31)32)18-11-17(26(29)30)9-10-19(18)33-3/h5-11,14H,12-13H2,1-4H3,(H,23,28)/t14-/m0/s1. The number of ether oxygens (including phenoxy) is 1. The lowest BCUT2D eigenvalue weighted by molar-refractivity contribution is -0.384. The van der Waals surface area contributed by atoms with Gasteiger partial charge in [0.2, 0.25) is 21.8 Å². The molecule has 184 valence electrons. The maximum absolute atomic E-state index is 13.4. The van der Waals surface area contributed by atoms with E-state index >= 15 is 0 Å². The Labute approximate surface area is 202 Å². The summed E-state index contributed by atoms with van der Waals surface area (Å²) in [5.74, 6) is -1.14. The number of carbonyl (C=O) groups excluding carboxylic acids is 2. The third-order valence-electron chi connectivity index (χ3n) is 5.00. The molecule has 11 nitrogen and oxygen atoms in total. The summed E-state index contributed by atoms with van der Waals surface area (Å²) in [5.41, 5.74) is 0.104. The van der Waals surface area contributed by atoms with Crippen LogP contribution < -0.4 is 14.4 Å². The number of hydrogen-bond acceptors (Lipinski definition) is 7. The smallest absolute Gasteiger partial charge is 0.271 e. The SMILES string of the molecule is CNC(=O)[C@H](C)N(Cc1ccc(Cl)cc1)C(=O)CN(c1cc([N+](=O)[O-])ccc1OC)S(C)(=O)=O. The van der Waals surface area contributed by atoms with E-state index in [1.54, 1.807) is 24.3 Å². The number of anilines is 1. The van der Waals surface area contributed by atoms with Gasteiger partial charge in [-0.1, -0.05) is 23.7 Å². The van der Waals surface area contributed by atoms with Crippen molar-refractivity contribution in [2.75, 3.05) is 31.3 Å². The Kier molecular flexibility index (Phi) is 8.82. The van der Waals surface area contributed by atoms with Crippen molar-refractivity contribution in [2.24, 2.45) is 0 Å². The zero-order valence-electron chi connectivity index (χ0n) is 19.0. The molecule has 2 amide bonds. The van der Waals surface area contributed by atoms with Gasteiger partial charge in [0.25, 0.3) is 5.69 Å². The number of likely N-dealkylation sites (N-methyl/N-ethyl adjacent to an activating group) is 1. The van der Waals surface area contributed by atoms with Crippen LogP contribution in [0.1, 0.15) is 12.5 Å². The molecule has 0 saturated heterocycles. The van der Waals surface area contributed by atoms with Gasteiger partial charge in [0.1, 0.15) is 24.0 Å². The van der Waals surface area contributed by atoms with E-state index in [0.29, 0.717) is 14.9 Å². The number of carbonyl (C=O) groups is 2. The molecule has 0 spiro atoms. The summed E-state index contributed by atoms with van der Waals surface area (Å²) in [4.78, 5) is 37.5. The third kappa shape index (κ3) is 6.58. The number of hydrogen-bond donors (Lipinski definition) is 1. The number of rotatable bonds is 10. The average Bonchev–Trinajstić information content (AvgIpc) is 2.79.